The Balaban J connectivity index is 2.84. The molecule has 5 nitrogen and oxygen atoms in total. The van der Waals surface area contributed by atoms with E-state index in [1.54, 1.807) is 0 Å². The van der Waals surface area contributed by atoms with Crippen LogP contribution in [0, 0.1) is 11.8 Å². The lowest BCUT2D eigenvalue weighted by Gasteiger charge is -2.17. The summed E-state index contributed by atoms with van der Waals surface area (Å²) in [7, 11) is 2.38. The van der Waals surface area contributed by atoms with E-state index >= 15 is 0 Å². The first-order valence-electron chi connectivity index (χ1n) is 4.80. The molecule has 0 bridgehead atoms. The van der Waals surface area contributed by atoms with Crippen molar-refractivity contribution in [1.29, 1.82) is 0 Å². The summed E-state index contributed by atoms with van der Waals surface area (Å²) >= 11 is 0. The van der Waals surface area contributed by atoms with Crippen molar-refractivity contribution in [2.24, 2.45) is 11.8 Å². The van der Waals surface area contributed by atoms with Crippen molar-refractivity contribution in [3.63, 3.8) is 0 Å². The van der Waals surface area contributed by atoms with Crippen LogP contribution in [-0.2, 0) is 23.9 Å². The Labute approximate surface area is 87.7 Å². The van der Waals surface area contributed by atoms with Crippen molar-refractivity contribution in [1.82, 2.24) is 0 Å². The number of rotatable bonds is 3. The lowest BCUT2D eigenvalue weighted by molar-refractivity contribution is -0.163. The monoisotopic (exact) mass is 214 g/mol. The average Bonchev–Trinajstić information content (AvgIpc) is 2.64. The molecule has 1 saturated carbocycles. The van der Waals surface area contributed by atoms with Crippen LogP contribution >= 0.6 is 0 Å². The maximum absolute atomic E-state index is 11.4. The first kappa shape index (κ1) is 11.7. The number of esters is 2. The van der Waals surface area contributed by atoms with Gasteiger partial charge in [0.25, 0.3) is 0 Å². The van der Waals surface area contributed by atoms with E-state index < -0.39 is 23.8 Å². The standard InChI is InChI=1S/C10H14O5/c1-14-9(12)8(10(13)15-2)6-4-3-5-7(6)11/h6,8H,3-5H2,1-2H3. The van der Waals surface area contributed by atoms with Gasteiger partial charge in [0, 0.05) is 12.3 Å². The average molecular weight is 214 g/mol. The number of hydrogen-bond acceptors (Lipinski definition) is 5. The zero-order valence-electron chi connectivity index (χ0n) is 8.82. The summed E-state index contributed by atoms with van der Waals surface area (Å²) in [5.74, 6) is -3.10. The Morgan fingerprint density at radius 3 is 2.13 bits per heavy atom. The molecule has 0 spiro atoms. The van der Waals surface area contributed by atoms with Gasteiger partial charge in [-0.05, 0) is 12.8 Å². The highest BCUT2D eigenvalue weighted by atomic mass is 16.5. The lowest BCUT2D eigenvalue weighted by atomic mass is 9.90. The third-order valence-corrected chi connectivity index (χ3v) is 2.66. The summed E-state index contributed by atoms with van der Waals surface area (Å²) in [5, 5.41) is 0. The molecule has 1 aliphatic rings. The van der Waals surface area contributed by atoms with Crippen LogP contribution in [0.25, 0.3) is 0 Å². The van der Waals surface area contributed by atoms with Gasteiger partial charge in [0.2, 0.25) is 0 Å². The molecule has 15 heavy (non-hydrogen) atoms. The zero-order valence-corrected chi connectivity index (χ0v) is 8.82. The molecular formula is C10H14O5. The van der Waals surface area contributed by atoms with Gasteiger partial charge in [-0.1, -0.05) is 0 Å². The predicted molar refractivity (Wildman–Crippen MR) is 49.9 cm³/mol. The molecule has 5 heteroatoms. The fourth-order valence-corrected chi connectivity index (χ4v) is 1.87. The van der Waals surface area contributed by atoms with Crippen LogP contribution in [0.5, 0.6) is 0 Å². The van der Waals surface area contributed by atoms with Gasteiger partial charge in [-0.25, -0.2) is 0 Å². The van der Waals surface area contributed by atoms with Gasteiger partial charge >= 0.3 is 11.9 Å². The van der Waals surface area contributed by atoms with E-state index in [1.165, 1.54) is 14.2 Å². The first-order valence-corrected chi connectivity index (χ1v) is 4.80. The molecule has 0 aromatic carbocycles. The van der Waals surface area contributed by atoms with Crippen LogP contribution in [0.15, 0.2) is 0 Å². The molecule has 1 fully saturated rings. The summed E-state index contributed by atoms with van der Waals surface area (Å²) in [6, 6.07) is 0. The summed E-state index contributed by atoms with van der Waals surface area (Å²) in [5.41, 5.74) is 0. The quantitative estimate of drug-likeness (QED) is 0.499. The van der Waals surface area contributed by atoms with E-state index in [0.29, 0.717) is 19.3 Å². The van der Waals surface area contributed by atoms with Gasteiger partial charge in [0.1, 0.15) is 5.78 Å². The summed E-state index contributed by atoms with van der Waals surface area (Å²) in [4.78, 5) is 34.2. The van der Waals surface area contributed by atoms with E-state index in [2.05, 4.69) is 9.47 Å². The van der Waals surface area contributed by atoms with Crippen molar-refractivity contribution < 1.29 is 23.9 Å². The minimum atomic E-state index is -1.09. The summed E-state index contributed by atoms with van der Waals surface area (Å²) in [6.07, 6.45) is 1.69. The van der Waals surface area contributed by atoms with Crippen molar-refractivity contribution in [2.75, 3.05) is 14.2 Å². The number of ketones is 1. The fraction of sp³-hybridized carbons (Fsp3) is 0.700. The van der Waals surface area contributed by atoms with E-state index in [-0.39, 0.29) is 5.78 Å². The van der Waals surface area contributed by atoms with Crippen molar-refractivity contribution >= 4 is 17.7 Å². The SMILES string of the molecule is COC(=O)C(C(=O)OC)C1CCCC1=O. The molecule has 1 atom stereocenters. The molecular weight excluding hydrogens is 200 g/mol. The van der Waals surface area contributed by atoms with Crippen LogP contribution in [0.1, 0.15) is 19.3 Å². The van der Waals surface area contributed by atoms with Gasteiger partial charge in [-0.2, -0.15) is 0 Å². The molecule has 1 unspecified atom stereocenters. The Morgan fingerprint density at radius 2 is 1.80 bits per heavy atom. The Morgan fingerprint density at radius 1 is 1.27 bits per heavy atom. The van der Waals surface area contributed by atoms with Crippen LogP contribution in [0.3, 0.4) is 0 Å². The highest BCUT2D eigenvalue weighted by Crippen LogP contribution is 2.29. The smallest absolute Gasteiger partial charge is 0.320 e. The van der Waals surface area contributed by atoms with Crippen LogP contribution < -0.4 is 0 Å². The van der Waals surface area contributed by atoms with Crippen molar-refractivity contribution in [3.05, 3.63) is 0 Å². The van der Waals surface area contributed by atoms with Crippen LogP contribution in [0.4, 0.5) is 0 Å². The van der Waals surface area contributed by atoms with E-state index in [0.717, 1.165) is 0 Å². The Kier molecular flexibility index (Phi) is 3.82. The molecule has 0 radical (unpaired) electrons. The van der Waals surface area contributed by atoms with E-state index in [4.69, 9.17) is 0 Å². The van der Waals surface area contributed by atoms with Crippen molar-refractivity contribution in [2.45, 2.75) is 19.3 Å². The van der Waals surface area contributed by atoms with Gasteiger partial charge in [0.15, 0.2) is 5.92 Å². The number of methoxy groups -OCH3 is 2. The highest BCUT2D eigenvalue weighted by molar-refractivity contribution is 6.00. The van der Waals surface area contributed by atoms with E-state index in [1.807, 2.05) is 0 Å². The minimum absolute atomic E-state index is 0.0594. The number of ether oxygens (including phenoxy) is 2. The molecule has 1 rings (SSSR count). The maximum atomic E-state index is 11.4. The molecule has 0 saturated heterocycles. The lowest BCUT2D eigenvalue weighted by Crippen LogP contribution is -2.35. The third kappa shape index (κ3) is 2.34. The van der Waals surface area contributed by atoms with Gasteiger partial charge in [-0.3, -0.25) is 14.4 Å². The second-order valence-corrected chi connectivity index (χ2v) is 3.49. The highest BCUT2D eigenvalue weighted by Gasteiger charge is 2.42. The molecule has 0 aromatic rings. The second-order valence-electron chi connectivity index (χ2n) is 3.49. The Bertz CT molecular complexity index is 268. The van der Waals surface area contributed by atoms with Crippen LogP contribution in [0.2, 0.25) is 0 Å². The zero-order chi connectivity index (χ0) is 11.4. The topological polar surface area (TPSA) is 69.7 Å². The van der Waals surface area contributed by atoms with Gasteiger partial charge in [-0.15, -0.1) is 0 Å². The summed E-state index contributed by atoms with van der Waals surface area (Å²) in [6.45, 7) is 0. The van der Waals surface area contributed by atoms with Gasteiger partial charge < -0.3 is 9.47 Å². The minimum Gasteiger partial charge on any atom is -0.468 e. The molecule has 0 heterocycles. The fourth-order valence-electron chi connectivity index (χ4n) is 1.87. The Hall–Kier alpha value is -1.39. The molecule has 0 aliphatic heterocycles. The largest absolute Gasteiger partial charge is 0.468 e. The number of Topliss-reactive ketones (excluding diaryl/α,β-unsaturated/α-hetero) is 1. The molecule has 0 amide bonds. The predicted octanol–water partition coefficient (Wildman–Crippen LogP) is 0.318. The number of hydrogen-bond donors (Lipinski definition) is 0. The number of carbonyl (C=O) groups is 3. The number of carbonyl (C=O) groups excluding carboxylic acids is 3. The molecule has 84 valence electrons. The summed E-state index contributed by atoms with van der Waals surface area (Å²) < 4.78 is 9.01. The van der Waals surface area contributed by atoms with Gasteiger partial charge in [0.05, 0.1) is 14.2 Å². The molecule has 1 aliphatic carbocycles. The molecule has 0 aromatic heterocycles. The van der Waals surface area contributed by atoms with E-state index in [9.17, 15) is 14.4 Å². The van der Waals surface area contributed by atoms with Crippen LogP contribution in [-0.4, -0.2) is 31.9 Å². The second kappa shape index (κ2) is 4.91. The first-order chi connectivity index (χ1) is 7.11. The normalized spacial score (nSPS) is 20.5. The third-order valence-electron chi connectivity index (χ3n) is 2.66. The maximum Gasteiger partial charge on any atom is 0.320 e. The van der Waals surface area contributed by atoms with Crippen molar-refractivity contribution in [3.8, 4) is 0 Å². The molecule has 0 N–H and O–H groups in total.